The summed E-state index contributed by atoms with van der Waals surface area (Å²) in [5, 5.41) is 1.97. The minimum atomic E-state index is -1.35. The summed E-state index contributed by atoms with van der Waals surface area (Å²) in [4.78, 5) is 21.6. The third-order valence-corrected chi connectivity index (χ3v) is 1.69. The summed E-state index contributed by atoms with van der Waals surface area (Å²) in [6.07, 6.45) is -0.446. The van der Waals surface area contributed by atoms with Gasteiger partial charge in [0.15, 0.2) is 11.6 Å². The molecule has 0 aliphatic heterocycles. The Morgan fingerprint density at radius 1 is 1.12 bits per heavy atom. The van der Waals surface area contributed by atoms with Crippen molar-refractivity contribution < 1.29 is 22.8 Å². The molecule has 0 aliphatic carbocycles. The maximum Gasteiger partial charge on any atom is 0.231 e. The summed E-state index contributed by atoms with van der Waals surface area (Å²) in [6, 6.07) is 0.835. The van der Waals surface area contributed by atoms with Crippen molar-refractivity contribution in [3.63, 3.8) is 0 Å². The number of hydrogen-bond donors (Lipinski definition) is 1. The molecule has 0 fully saturated rings. The molecule has 0 radical (unpaired) electrons. The molecular formula is C10H8F3NO2. The van der Waals surface area contributed by atoms with Crippen LogP contribution in [0.2, 0.25) is 0 Å². The number of anilines is 1. The van der Waals surface area contributed by atoms with Crippen molar-refractivity contribution in [1.29, 1.82) is 0 Å². The highest BCUT2D eigenvalue weighted by molar-refractivity contribution is 6.03. The molecule has 1 amide bonds. The molecule has 0 heterocycles. The van der Waals surface area contributed by atoms with Crippen molar-refractivity contribution in [2.75, 3.05) is 5.32 Å². The summed E-state index contributed by atoms with van der Waals surface area (Å²) < 4.78 is 38.3. The molecule has 0 aromatic heterocycles. The van der Waals surface area contributed by atoms with Gasteiger partial charge in [-0.3, -0.25) is 9.59 Å². The molecule has 1 rings (SSSR count). The zero-order valence-corrected chi connectivity index (χ0v) is 8.31. The van der Waals surface area contributed by atoms with E-state index in [1.165, 1.54) is 6.92 Å². The van der Waals surface area contributed by atoms with E-state index in [1.54, 1.807) is 0 Å². The van der Waals surface area contributed by atoms with E-state index in [1.807, 2.05) is 5.32 Å². The standard InChI is InChI=1S/C10H8F3NO2/c1-5(15)2-10(16)14-9-4-7(12)6(11)3-8(9)13/h3-4H,2H2,1H3,(H,14,16). The van der Waals surface area contributed by atoms with E-state index in [0.29, 0.717) is 12.1 Å². The van der Waals surface area contributed by atoms with Gasteiger partial charge in [-0.25, -0.2) is 13.2 Å². The van der Waals surface area contributed by atoms with Crippen molar-refractivity contribution >= 4 is 17.4 Å². The predicted octanol–water partition coefficient (Wildman–Crippen LogP) is 2.02. The van der Waals surface area contributed by atoms with Gasteiger partial charge in [-0.2, -0.15) is 0 Å². The van der Waals surface area contributed by atoms with Gasteiger partial charge in [0.2, 0.25) is 5.91 Å². The van der Waals surface area contributed by atoms with Gasteiger partial charge in [-0.1, -0.05) is 0 Å². The fourth-order valence-electron chi connectivity index (χ4n) is 1.04. The largest absolute Gasteiger partial charge is 0.323 e. The Hall–Kier alpha value is -1.85. The Labute approximate surface area is 89.3 Å². The van der Waals surface area contributed by atoms with Crippen LogP contribution in [-0.4, -0.2) is 11.7 Å². The van der Waals surface area contributed by atoms with E-state index in [9.17, 15) is 22.8 Å². The van der Waals surface area contributed by atoms with Crippen LogP contribution in [0.15, 0.2) is 12.1 Å². The molecule has 0 spiro atoms. The molecule has 1 aromatic carbocycles. The van der Waals surface area contributed by atoms with Gasteiger partial charge >= 0.3 is 0 Å². The van der Waals surface area contributed by atoms with Crippen molar-refractivity contribution in [1.82, 2.24) is 0 Å². The van der Waals surface area contributed by atoms with Crippen LogP contribution in [0.1, 0.15) is 13.3 Å². The molecule has 6 heteroatoms. The number of amides is 1. The fourth-order valence-corrected chi connectivity index (χ4v) is 1.04. The third kappa shape index (κ3) is 3.08. The normalized spacial score (nSPS) is 10.0. The molecule has 0 saturated heterocycles. The van der Waals surface area contributed by atoms with Crippen LogP contribution < -0.4 is 5.32 Å². The molecule has 0 aliphatic rings. The van der Waals surface area contributed by atoms with Crippen molar-refractivity contribution in [2.45, 2.75) is 13.3 Å². The lowest BCUT2D eigenvalue weighted by molar-refractivity contribution is -0.124. The maximum absolute atomic E-state index is 13.0. The SMILES string of the molecule is CC(=O)CC(=O)Nc1cc(F)c(F)cc1F. The quantitative estimate of drug-likeness (QED) is 0.639. The van der Waals surface area contributed by atoms with Crippen LogP contribution in [0.4, 0.5) is 18.9 Å². The number of rotatable bonds is 3. The number of Topliss-reactive ketones (excluding diaryl/α,β-unsaturated/α-hetero) is 1. The molecule has 0 unspecified atom stereocenters. The van der Waals surface area contributed by atoms with E-state index in [-0.39, 0.29) is 0 Å². The molecule has 16 heavy (non-hydrogen) atoms. The predicted molar refractivity (Wildman–Crippen MR) is 50.2 cm³/mol. The number of benzene rings is 1. The summed E-state index contributed by atoms with van der Waals surface area (Å²) in [7, 11) is 0. The minimum Gasteiger partial charge on any atom is -0.323 e. The molecule has 1 aromatic rings. The number of hydrogen-bond acceptors (Lipinski definition) is 2. The lowest BCUT2D eigenvalue weighted by Crippen LogP contribution is -2.16. The van der Waals surface area contributed by atoms with Crippen LogP contribution in [0.25, 0.3) is 0 Å². The average molecular weight is 231 g/mol. The highest BCUT2D eigenvalue weighted by atomic mass is 19.2. The number of nitrogens with one attached hydrogen (secondary N) is 1. The first-order valence-corrected chi connectivity index (χ1v) is 4.34. The monoisotopic (exact) mass is 231 g/mol. The lowest BCUT2D eigenvalue weighted by atomic mass is 10.2. The van der Waals surface area contributed by atoms with Gasteiger partial charge < -0.3 is 5.32 Å². The Morgan fingerprint density at radius 2 is 1.69 bits per heavy atom. The Balaban J connectivity index is 2.85. The Bertz CT molecular complexity index is 446. The zero-order chi connectivity index (χ0) is 12.3. The molecule has 0 saturated carbocycles. The van der Waals surface area contributed by atoms with Crippen LogP contribution in [0, 0.1) is 17.5 Å². The zero-order valence-electron chi connectivity index (χ0n) is 8.31. The first-order chi connectivity index (χ1) is 7.40. The van der Waals surface area contributed by atoms with Gasteiger partial charge in [-0.05, 0) is 6.92 Å². The van der Waals surface area contributed by atoms with Crippen molar-refractivity contribution in [2.24, 2.45) is 0 Å². The average Bonchev–Trinajstić information content (AvgIpc) is 2.12. The van der Waals surface area contributed by atoms with E-state index < -0.39 is 41.3 Å². The smallest absolute Gasteiger partial charge is 0.231 e. The highest BCUT2D eigenvalue weighted by Gasteiger charge is 2.12. The molecule has 3 nitrogen and oxygen atoms in total. The van der Waals surface area contributed by atoms with E-state index in [0.717, 1.165) is 0 Å². The number of halogens is 3. The van der Waals surface area contributed by atoms with E-state index in [2.05, 4.69) is 0 Å². The van der Waals surface area contributed by atoms with E-state index >= 15 is 0 Å². The van der Waals surface area contributed by atoms with E-state index in [4.69, 9.17) is 0 Å². The topological polar surface area (TPSA) is 46.2 Å². The molecule has 0 atom stereocenters. The number of carbonyl (C=O) groups is 2. The van der Waals surface area contributed by atoms with Gasteiger partial charge in [0.25, 0.3) is 0 Å². The van der Waals surface area contributed by atoms with Crippen molar-refractivity contribution in [3.05, 3.63) is 29.6 Å². The number of carbonyl (C=O) groups excluding carboxylic acids is 2. The summed E-state index contributed by atoms with van der Waals surface area (Å²) in [6.45, 7) is 1.18. The summed E-state index contributed by atoms with van der Waals surface area (Å²) in [5.41, 5.74) is -0.495. The van der Waals surface area contributed by atoms with Gasteiger partial charge in [-0.15, -0.1) is 0 Å². The summed E-state index contributed by atoms with van der Waals surface area (Å²) >= 11 is 0. The Kier molecular flexibility index (Phi) is 3.65. The number of ketones is 1. The second-order valence-electron chi connectivity index (χ2n) is 3.17. The van der Waals surface area contributed by atoms with Gasteiger partial charge in [0.05, 0.1) is 12.1 Å². The van der Waals surface area contributed by atoms with Crippen LogP contribution in [-0.2, 0) is 9.59 Å². The summed E-state index contributed by atoms with van der Waals surface area (Å²) in [5.74, 6) is -4.92. The van der Waals surface area contributed by atoms with Gasteiger partial charge in [0.1, 0.15) is 11.6 Å². The highest BCUT2D eigenvalue weighted by Crippen LogP contribution is 2.18. The molecule has 86 valence electrons. The van der Waals surface area contributed by atoms with Crippen LogP contribution >= 0.6 is 0 Å². The van der Waals surface area contributed by atoms with Crippen molar-refractivity contribution in [3.8, 4) is 0 Å². The minimum absolute atomic E-state index is 0.318. The van der Waals surface area contributed by atoms with Crippen LogP contribution in [0.3, 0.4) is 0 Å². The third-order valence-electron chi connectivity index (χ3n) is 1.69. The molecular weight excluding hydrogens is 223 g/mol. The van der Waals surface area contributed by atoms with Crippen LogP contribution in [0.5, 0.6) is 0 Å². The fraction of sp³-hybridized carbons (Fsp3) is 0.200. The van der Waals surface area contributed by atoms with Gasteiger partial charge in [0, 0.05) is 12.1 Å². The molecule has 1 N–H and O–H groups in total. The second kappa shape index (κ2) is 4.78. The first-order valence-electron chi connectivity index (χ1n) is 4.34. The Morgan fingerprint density at radius 3 is 2.25 bits per heavy atom. The lowest BCUT2D eigenvalue weighted by Gasteiger charge is -2.05. The first kappa shape index (κ1) is 12.2. The maximum atomic E-state index is 13.0. The second-order valence-corrected chi connectivity index (χ2v) is 3.17. The molecule has 0 bridgehead atoms.